The molecular formula is C23H36N6O2. The summed E-state index contributed by atoms with van der Waals surface area (Å²) in [6.45, 7) is 10.6. The lowest BCUT2D eigenvalue weighted by molar-refractivity contribution is 0.0755. The lowest BCUT2D eigenvalue weighted by Crippen LogP contribution is -2.51. The lowest BCUT2D eigenvalue weighted by Gasteiger charge is -2.41. The third-order valence-corrected chi connectivity index (χ3v) is 6.65. The first-order valence-electron chi connectivity index (χ1n) is 11.4. The zero-order valence-corrected chi connectivity index (χ0v) is 19.5. The van der Waals surface area contributed by atoms with Gasteiger partial charge in [0.1, 0.15) is 0 Å². The molecule has 2 aromatic rings. The van der Waals surface area contributed by atoms with Gasteiger partial charge < -0.3 is 9.47 Å². The number of rotatable bonds is 6. The van der Waals surface area contributed by atoms with Crippen molar-refractivity contribution in [3.8, 4) is 11.5 Å². The van der Waals surface area contributed by atoms with E-state index in [9.17, 15) is 0 Å². The summed E-state index contributed by atoms with van der Waals surface area (Å²) in [6, 6.07) is 6.87. The van der Waals surface area contributed by atoms with Crippen LogP contribution in [0.4, 0.5) is 0 Å². The fourth-order valence-corrected chi connectivity index (χ4v) is 5.02. The van der Waals surface area contributed by atoms with E-state index in [1.807, 2.05) is 10.7 Å². The van der Waals surface area contributed by atoms with Gasteiger partial charge in [-0.1, -0.05) is 18.9 Å². The summed E-state index contributed by atoms with van der Waals surface area (Å²) in [5, 5.41) is 12.9. The highest BCUT2D eigenvalue weighted by Crippen LogP contribution is 2.36. The van der Waals surface area contributed by atoms with Gasteiger partial charge in [-0.05, 0) is 61.7 Å². The van der Waals surface area contributed by atoms with Crippen LogP contribution in [0.3, 0.4) is 0 Å². The molecule has 2 heterocycles. The molecule has 1 aliphatic carbocycles. The molecule has 0 radical (unpaired) electrons. The first-order chi connectivity index (χ1) is 14.9. The van der Waals surface area contributed by atoms with Crippen molar-refractivity contribution < 1.29 is 9.47 Å². The van der Waals surface area contributed by atoms with Crippen LogP contribution in [0.15, 0.2) is 18.2 Å². The number of hydrogen-bond acceptors (Lipinski definition) is 7. The average molecular weight is 429 g/mol. The highest BCUT2D eigenvalue weighted by molar-refractivity contribution is 5.45. The Morgan fingerprint density at radius 2 is 1.65 bits per heavy atom. The quantitative estimate of drug-likeness (QED) is 0.700. The number of tetrazole rings is 1. The minimum atomic E-state index is -0.209. The number of ether oxygens (including phenoxy) is 2. The van der Waals surface area contributed by atoms with Crippen molar-refractivity contribution >= 4 is 0 Å². The second-order valence-electron chi connectivity index (χ2n) is 9.65. The molecule has 1 saturated heterocycles. The standard InChI is InChI=1S/C23H36N6O2/c1-23(2,3)29-22(24-25-26-29)21(17-10-11-19(30-4)20(16-17)31-5)28-14-12-27(13-15-28)18-8-6-7-9-18/h10-11,16,18,21H,6-9,12-15H2,1-5H3/t21-/m0/s1. The van der Waals surface area contributed by atoms with Crippen LogP contribution in [0.25, 0.3) is 0 Å². The van der Waals surface area contributed by atoms with E-state index in [2.05, 4.69) is 58.2 Å². The van der Waals surface area contributed by atoms with E-state index in [1.54, 1.807) is 14.2 Å². The van der Waals surface area contributed by atoms with E-state index < -0.39 is 0 Å². The van der Waals surface area contributed by atoms with E-state index >= 15 is 0 Å². The maximum Gasteiger partial charge on any atom is 0.173 e. The van der Waals surface area contributed by atoms with Gasteiger partial charge in [-0.3, -0.25) is 9.80 Å². The largest absolute Gasteiger partial charge is 0.493 e. The fourth-order valence-electron chi connectivity index (χ4n) is 5.02. The molecule has 0 N–H and O–H groups in total. The molecule has 8 heteroatoms. The summed E-state index contributed by atoms with van der Waals surface area (Å²) in [5.41, 5.74) is 0.909. The Kier molecular flexibility index (Phi) is 6.48. The SMILES string of the molecule is COc1ccc([C@@H](c2nnnn2C(C)(C)C)N2CCN(C3CCCC3)CC2)cc1OC. The number of nitrogens with zero attached hydrogens (tertiary/aromatic N) is 6. The van der Waals surface area contributed by atoms with Crippen LogP contribution in [-0.4, -0.2) is 76.4 Å². The van der Waals surface area contributed by atoms with Crippen LogP contribution in [0.2, 0.25) is 0 Å². The summed E-state index contributed by atoms with van der Waals surface area (Å²) >= 11 is 0. The van der Waals surface area contributed by atoms with E-state index in [0.717, 1.165) is 55.1 Å². The summed E-state index contributed by atoms with van der Waals surface area (Å²) in [5.74, 6) is 2.32. The molecule has 1 atom stereocenters. The molecule has 1 aromatic carbocycles. The molecule has 170 valence electrons. The fraction of sp³-hybridized carbons (Fsp3) is 0.696. The summed E-state index contributed by atoms with van der Waals surface area (Å²) in [4.78, 5) is 5.20. The number of piperazine rings is 1. The first-order valence-corrected chi connectivity index (χ1v) is 11.4. The Hall–Kier alpha value is -2.19. The molecular weight excluding hydrogens is 392 g/mol. The smallest absolute Gasteiger partial charge is 0.173 e. The van der Waals surface area contributed by atoms with Gasteiger partial charge in [-0.15, -0.1) is 5.10 Å². The summed E-state index contributed by atoms with van der Waals surface area (Å²) < 4.78 is 13.0. The normalized spacial score (nSPS) is 20.2. The second-order valence-corrected chi connectivity index (χ2v) is 9.65. The van der Waals surface area contributed by atoms with E-state index in [-0.39, 0.29) is 11.6 Å². The Labute approximate surface area is 185 Å². The van der Waals surface area contributed by atoms with Crippen molar-refractivity contribution in [1.29, 1.82) is 0 Å². The van der Waals surface area contributed by atoms with Gasteiger partial charge in [0.05, 0.1) is 25.8 Å². The minimum absolute atomic E-state index is 0.0419. The molecule has 8 nitrogen and oxygen atoms in total. The number of aromatic nitrogens is 4. The van der Waals surface area contributed by atoms with Crippen molar-refractivity contribution in [2.24, 2.45) is 0 Å². The van der Waals surface area contributed by atoms with Crippen molar-refractivity contribution in [1.82, 2.24) is 30.0 Å². The van der Waals surface area contributed by atoms with Crippen molar-refractivity contribution in [3.63, 3.8) is 0 Å². The molecule has 0 bridgehead atoms. The molecule has 31 heavy (non-hydrogen) atoms. The Balaban J connectivity index is 1.67. The van der Waals surface area contributed by atoms with Crippen molar-refractivity contribution in [2.45, 2.75) is 64.1 Å². The van der Waals surface area contributed by atoms with E-state index in [0.29, 0.717) is 0 Å². The third-order valence-electron chi connectivity index (χ3n) is 6.65. The van der Waals surface area contributed by atoms with Crippen molar-refractivity contribution in [3.05, 3.63) is 29.6 Å². The number of benzene rings is 1. The highest BCUT2D eigenvalue weighted by Gasteiger charge is 2.35. The van der Waals surface area contributed by atoms with Crippen LogP contribution in [0, 0.1) is 0 Å². The molecule has 0 spiro atoms. The van der Waals surface area contributed by atoms with Crippen LogP contribution in [-0.2, 0) is 5.54 Å². The summed E-state index contributed by atoms with van der Waals surface area (Å²) in [7, 11) is 3.34. The molecule has 1 aliphatic heterocycles. The zero-order chi connectivity index (χ0) is 22.0. The second kappa shape index (κ2) is 9.12. The molecule has 1 saturated carbocycles. The maximum atomic E-state index is 5.60. The van der Waals surface area contributed by atoms with Gasteiger partial charge in [0.2, 0.25) is 0 Å². The number of methoxy groups -OCH3 is 2. The minimum Gasteiger partial charge on any atom is -0.493 e. The van der Waals surface area contributed by atoms with E-state index in [1.165, 1.54) is 25.7 Å². The Bertz CT molecular complexity index is 863. The van der Waals surface area contributed by atoms with Gasteiger partial charge >= 0.3 is 0 Å². The molecule has 1 aromatic heterocycles. The summed E-state index contributed by atoms with van der Waals surface area (Å²) in [6.07, 6.45) is 5.45. The monoisotopic (exact) mass is 428 g/mol. The zero-order valence-electron chi connectivity index (χ0n) is 19.5. The van der Waals surface area contributed by atoms with Crippen LogP contribution >= 0.6 is 0 Å². The Morgan fingerprint density at radius 3 is 2.26 bits per heavy atom. The predicted molar refractivity (Wildman–Crippen MR) is 120 cm³/mol. The molecule has 4 rings (SSSR count). The van der Waals surface area contributed by atoms with Gasteiger partial charge in [0.25, 0.3) is 0 Å². The third kappa shape index (κ3) is 4.55. The topological polar surface area (TPSA) is 68.5 Å². The van der Waals surface area contributed by atoms with Crippen LogP contribution < -0.4 is 9.47 Å². The molecule has 0 amide bonds. The van der Waals surface area contributed by atoms with Gasteiger partial charge in [0.15, 0.2) is 17.3 Å². The Morgan fingerprint density at radius 1 is 0.968 bits per heavy atom. The van der Waals surface area contributed by atoms with Crippen LogP contribution in [0.1, 0.15) is 63.9 Å². The van der Waals surface area contributed by atoms with Gasteiger partial charge in [-0.2, -0.15) is 0 Å². The number of hydrogen-bond donors (Lipinski definition) is 0. The average Bonchev–Trinajstić information content (AvgIpc) is 3.46. The first kappa shape index (κ1) is 22.0. The predicted octanol–water partition coefficient (Wildman–Crippen LogP) is 3.09. The highest BCUT2D eigenvalue weighted by atomic mass is 16.5. The van der Waals surface area contributed by atoms with E-state index in [4.69, 9.17) is 9.47 Å². The molecule has 2 aliphatic rings. The van der Waals surface area contributed by atoms with Crippen LogP contribution in [0.5, 0.6) is 11.5 Å². The van der Waals surface area contributed by atoms with Gasteiger partial charge in [0, 0.05) is 32.2 Å². The lowest BCUT2D eigenvalue weighted by atomic mass is 10.0. The molecule has 2 fully saturated rings. The van der Waals surface area contributed by atoms with Crippen molar-refractivity contribution in [2.75, 3.05) is 40.4 Å². The van der Waals surface area contributed by atoms with Gasteiger partial charge in [-0.25, -0.2) is 4.68 Å². The maximum absolute atomic E-state index is 5.60. The molecule has 0 unspecified atom stereocenters.